The van der Waals surface area contributed by atoms with Crippen LogP contribution in [0.4, 0.5) is 0 Å². The fraction of sp³-hybridized carbons (Fsp3) is 0.0435. The van der Waals surface area contributed by atoms with Gasteiger partial charge in [0.05, 0.1) is 0 Å². The predicted octanol–water partition coefficient (Wildman–Crippen LogP) is 4.54. The van der Waals surface area contributed by atoms with Crippen molar-refractivity contribution in [1.82, 2.24) is 10.6 Å². The molecule has 0 aliphatic heterocycles. The normalized spacial score (nSPS) is 11.0. The molecule has 3 aromatic carbocycles. The van der Waals surface area contributed by atoms with E-state index in [0.29, 0.717) is 12.1 Å². The van der Waals surface area contributed by atoms with Crippen LogP contribution < -0.4 is 10.6 Å². The summed E-state index contributed by atoms with van der Waals surface area (Å²) in [6.45, 7) is 0.361. The Hall–Kier alpha value is -3.18. The van der Waals surface area contributed by atoms with E-state index in [2.05, 4.69) is 26.6 Å². The number of carbonyl (C=O) groups excluding carboxylic acids is 2. The first kappa shape index (κ1) is 19.6. The summed E-state index contributed by atoms with van der Waals surface area (Å²) in [5, 5.41) is 5.59. The second-order valence-electron chi connectivity index (χ2n) is 6.10. The molecular formula is C23H19BrN2O2. The van der Waals surface area contributed by atoms with Crippen molar-refractivity contribution in [3.05, 3.63) is 112 Å². The summed E-state index contributed by atoms with van der Waals surface area (Å²) in [7, 11) is 0. The minimum Gasteiger partial charge on any atom is -0.347 e. The molecule has 28 heavy (non-hydrogen) atoms. The summed E-state index contributed by atoms with van der Waals surface area (Å²) in [5.41, 5.74) is 2.47. The molecule has 4 nitrogen and oxygen atoms in total. The van der Waals surface area contributed by atoms with Crippen LogP contribution in [0.5, 0.6) is 0 Å². The predicted molar refractivity (Wildman–Crippen MR) is 114 cm³/mol. The second kappa shape index (κ2) is 9.67. The Kier molecular flexibility index (Phi) is 6.76. The van der Waals surface area contributed by atoms with Crippen LogP contribution in [-0.4, -0.2) is 11.8 Å². The van der Waals surface area contributed by atoms with Crippen molar-refractivity contribution in [2.24, 2.45) is 0 Å². The fourth-order valence-corrected chi connectivity index (χ4v) is 2.80. The Bertz CT molecular complexity index is 969. The molecule has 0 fully saturated rings. The number of halogens is 1. The van der Waals surface area contributed by atoms with E-state index in [0.717, 1.165) is 15.6 Å². The van der Waals surface area contributed by atoms with Gasteiger partial charge in [-0.1, -0.05) is 76.6 Å². The van der Waals surface area contributed by atoms with Gasteiger partial charge in [0.1, 0.15) is 5.70 Å². The third-order valence-electron chi connectivity index (χ3n) is 4.01. The quantitative estimate of drug-likeness (QED) is 0.559. The Morgan fingerprint density at radius 1 is 0.821 bits per heavy atom. The van der Waals surface area contributed by atoms with Gasteiger partial charge in [0.2, 0.25) is 0 Å². The van der Waals surface area contributed by atoms with E-state index >= 15 is 0 Å². The van der Waals surface area contributed by atoms with E-state index in [1.165, 1.54) is 0 Å². The molecule has 0 aliphatic rings. The number of benzene rings is 3. The average Bonchev–Trinajstić information content (AvgIpc) is 2.74. The lowest BCUT2D eigenvalue weighted by Gasteiger charge is -2.11. The zero-order valence-electron chi connectivity index (χ0n) is 15.1. The molecule has 0 atom stereocenters. The van der Waals surface area contributed by atoms with E-state index in [1.54, 1.807) is 30.3 Å². The highest BCUT2D eigenvalue weighted by molar-refractivity contribution is 9.10. The lowest BCUT2D eigenvalue weighted by molar-refractivity contribution is -0.117. The van der Waals surface area contributed by atoms with Crippen molar-refractivity contribution in [3.8, 4) is 0 Å². The number of amides is 2. The number of hydrogen-bond donors (Lipinski definition) is 2. The van der Waals surface area contributed by atoms with Crippen molar-refractivity contribution in [3.63, 3.8) is 0 Å². The molecule has 0 spiro atoms. The Balaban J connectivity index is 1.77. The Morgan fingerprint density at radius 2 is 1.43 bits per heavy atom. The van der Waals surface area contributed by atoms with Crippen LogP contribution in [0.15, 0.2) is 95.1 Å². The SMILES string of the molecule is O=C(NCc1ccc(Br)cc1)/C(=C/c1ccccc1)NC(=O)c1ccccc1. The largest absolute Gasteiger partial charge is 0.347 e. The molecule has 2 N–H and O–H groups in total. The Labute approximate surface area is 172 Å². The third-order valence-corrected chi connectivity index (χ3v) is 4.53. The first-order chi connectivity index (χ1) is 13.6. The molecule has 3 aromatic rings. The molecule has 140 valence electrons. The van der Waals surface area contributed by atoms with Crippen LogP contribution in [0.25, 0.3) is 6.08 Å². The lowest BCUT2D eigenvalue weighted by atomic mass is 10.1. The van der Waals surface area contributed by atoms with E-state index in [1.807, 2.05) is 60.7 Å². The van der Waals surface area contributed by atoms with Gasteiger partial charge in [-0.2, -0.15) is 0 Å². The van der Waals surface area contributed by atoms with Gasteiger partial charge < -0.3 is 10.6 Å². The molecular weight excluding hydrogens is 416 g/mol. The van der Waals surface area contributed by atoms with Crippen molar-refractivity contribution in [2.45, 2.75) is 6.54 Å². The van der Waals surface area contributed by atoms with Gasteiger partial charge in [-0.15, -0.1) is 0 Å². The maximum absolute atomic E-state index is 12.8. The van der Waals surface area contributed by atoms with Crippen LogP contribution in [0.1, 0.15) is 21.5 Å². The number of carbonyl (C=O) groups is 2. The average molecular weight is 435 g/mol. The minimum atomic E-state index is -0.351. The van der Waals surface area contributed by atoms with Crippen molar-refractivity contribution >= 4 is 33.8 Å². The molecule has 3 rings (SSSR count). The molecule has 0 radical (unpaired) electrons. The van der Waals surface area contributed by atoms with E-state index in [9.17, 15) is 9.59 Å². The van der Waals surface area contributed by atoms with Crippen LogP contribution in [0.3, 0.4) is 0 Å². The maximum Gasteiger partial charge on any atom is 0.268 e. The molecule has 0 aromatic heterocycles. The monoisotopic (exact) mass is 434 g/mol. The van der Waals surface area contributed by atoms with E-state index in [4.69, 9.17) is 0 Å². The molecule has 0 unspecified atom stereocenters. The second-order valence-corrected chi connectivity index (χ2v) is 7.01. The summed E-state index contributed by atoms with van der Waals surface area (Å²) in [6, 6.07) is 25.9. The lowest BCUT2D eigenvalue weighted by Crippen LogP contribution is -2.34. The third kappa shape index (κ3) is 5.66. The summed E-state index contributed by atoms with van der Waals surface area (Å²) in [5.74, 6) is -0.683. The highest BCUT2D eigenvalue weighted by atomic mass is 79.9. The van der Waals surface area contributed by atoms with Gasteiger partial charge in [0, 0.05) is 16.6 Å². The van der Waals surface area contributed by atoms with Crippen LogP contribution in [0.2, 0.25) is 0 Å². The van der Waals surface area contributed by atoms with Crippen LogP contribution in [0, 0.1) is 0 Å². The molecule has 2 amide bonds. The maximum atomic E-state index is 12.8. The molecule has 0 aliphatic carbocycles. The molecule has 0 saturated heterocycles. The summed E-state index contributed by atoms with van der Waals surface area (Å²) < 4.78 is 0.974. The zero-order valence-corrected chi connectivity index (χ0v) is 16.6. The summed E-state index contributed by atoms with van der Waals surface area (Å²) in [6.07, 6.45) is 1.66. The fourth-order valence-electron chi connectivity index (χ4n) is 2.54. The minimum absolute atomic E-state index is 0.192. The molecule has 0 bridgehead atoms. The number of rotatable bonds is 6. The molecule has 0 heterocycles. The van der Waals surface area contributed by atoms with E-state index in [-0.39, 0.29) is 17.5 Å². The van der Waals surface area contributed by atoms with Crippen molar-refractivity contribution in [2.75, 3.05) is 0 Å². The molecule has 0 saturated carbocycles. The van der Waals surface area contributed by atoms with Gasteiger partial charge in [-0.05, 0) is 41.5 Å². The summed E-state index contributed by atoms with van der Waals surface area (Å²) >= 11 is 3.39. The number of hydrogen-bond acceptors (Lipinski definition) is 2. The van der Waals surface area contributed by atoms with Crippen LogP contribution in [-0.2, 0) is 11.3 Å². The van der Waals surface area contributed by atoms with Crippen molar-refractivity contribution < 1.29 is 9.59 Å². The standard InChI is InChI=1S/C23H19BrN2O2/c24-20-13-11-18(12-14-20)16-25-23(28)21(15-17-7-3-1-4-8-17)26-22(27)19-9-5-2-6-10-19/h1-15H,16H2,(H,25,28)(H,26,27)/b21-15-. The number of nitrogens with one attached hydrogen (secondary N) is 2. The van der Waals surface area contributed by atoms with Crippen LogP contribution >= 0.6 is 15.9 Å². The van der Waals surface area contributed by atoms with E-state index < -0.39 is 0 Å². The van der Waals surface area contributed by atoms with Gasteiger partial charge in [0.15, 0.2) is 0 Å². The molecule has 5 heteroatoms. The Morgan fingerprint density at radius 3 is 2.07 bits per heavy atom. The summed E-state index contributed by atoms with van der Waals surface area (Å²) in [4.78, 5) is 25.3. The highest BCUT2D eigenvalue weighted by Gasteiger charge is 2.14. The van der Waals surface area contributed by atoms with Gasteiger partial charge >= 0.3 is 0 Å². The first-order valence-electron chi connectivity index (χ1n) is 8.77. The first-order valence-corrected chi connectivity index (χ1v) is 9.57. The van der Waals surface area contributed by atoms with Gasteiger partial charge in [-0.25, -0.2) is 0 Å². The topological polar surface area (TPSA) is 58.2 Å². The zero-order chi connectivity index (χ0) is 19.8. The smallest absolute Gasteiger partial charge is 0.268 e. The highest BCUT2D eigenvalue weighted by Crippen LogP contribution is 2.11. The van der Waals surface area contributed by atoms with Crippen molar-refractivity contribution in [1.29, 1.82) is 0 Å². The van der Waals surface area contributed by atoms with Gasteiger partial charge in [-0.3, -0.25) is 9.59 Å². The van der Waals surface area contributed by atoms with Gasteiger partial charge in [0.25, 0.3) is 11.8 Å².